The van der Waals surface area contributed by atoms with E-state index >= 15 is 0 Å². The van der Waals surface area contributed by atoms with Crippen molar-refractivity contribution < 1.29 is 13.2 Å². The van der Waals surface area contributed by atoms with Gasteiger partial charge in [-0.2, -0.15) is 4.98 Å². The Labute approximate surface area is 136 Å². The van der Waals surface area contributed by atoms with E-state index in [9.17, 15) is 18.0 Å². The number of anilines is 1. The molecule has 9 nitrogen and oxygen atoms in total. The Bertz CT molecular complexity index is 1100. The second kappa shape index (κ2) is 5.57. The number of nitrogens with one attached hydrogen (secondary N) is 2. The Morgan fingerprint density at radius 1 is 1.25 bits per heavy atom. The van der Waals surface area contributed by atoms with Gasteiger partial charge in [-0.3, -0.25) is 19.9 Å². The molecule has 2 heterocycles. The van der Waals surface area contributed by atoms with Gasteiger partial charge in [-0.25, -0.2) is 17.4 Å². The Morgan fingerprint density at radius 2 is 1.92 bits per heavy atom. The predicted octanol–water partition coefficient (Wildman–Crippen LogP) is 0.623. The molecular weight excluding hydrogens is 334 g/mol. The number of hydrogen-bond acceptors (Lipinski definition) is 6. The van der Waals surface area contributed by atoms with Gasteiger partial charge in [0.15, 0.2) is 11.2 Å². The fourth-order valence-electron chi connectivity index (χ4n) is 2.14. The molecule has 10 heteroatoms. The van der Waals surface area contributed by atoms with E-state index in [1.54, 1.807) is 12.1 Å². The molecule has 124 valence electrons. The van der Waals surface area contributed by atoms with Crippen LogP contribution in [-0.2, 0) is 14.8 Å². The maximum absolute atomic E-state index is 12.7. The lowest BCUT2D eigenvalue weighted by atomic mass is 10.2. The first-order chi connectivity index (χ1) is 11.3. The quantitative estimate of drug-likeness (QED) is 0.715. The van der Waals surface area contributed by atoms with Crippen molar-refractivity contribution in [2.24, 2.45) is 0 Å². The number of imidazole rings is 1. The van der Waals surface area contributed by atoms with Crippen LogP contribution >= 0.6 is 0 Å². The monoisotopic (exact) mass is 347 g/mol. The highest BCUT2D eigenvalue weighted by Crippen LogP contribution is 2.18. The first-order valence-electron chi connectivity index (χ1n) is 6.86. The summed E-state index contributed by atoms with van der Waals surface area (Å²) in [5.74, 6) is -0.526. The molecule has 3 aromatic rings. The third-order valence-electron chi connectivity index (χ3n) is 3.25. The van der Waals surface area contributed by atoms with E-state index in [-0.39, 0.29) is 22.0 Å². The summed E-state index contributed by atoms with van der Waals surface area (Å²) in [4.78, 5) is 33.4. The minimum atomic E-state index is -3.99. The van der Waals surface area contributed by atoms with Crippen molar-refractivity contribution in [1.29, 1.82) is 0 Å². The van der Waals surface area contributed by atoms with Crippen LogP contribution in [0.2, 0.25) is 0 Å². The molecule has 0 aliphatic rings. The van der Waals surface area contributed by atoms with Gasteiger partial charge in [0.05, 0.1) is 4.90 Å². The van der Waals surface area contributed by atoms with Crippen molar-refractivity contribution >= 4 is 33.0 Å². The average Bonchev–Trinajstić information content (AvgIpc) is 2.92. The number of aromatic amines is 1. The minimum Gasteiger partial charge on any atom is -0.296 e. The molecule has 0 aliphatic carbocycles. The first kappa shape index (κ1) is 15.9. The van der Waals surface area contributed by atoms with Crippen LogP contribution in [0.15, 0.2) is 40.3 Å². The molecule has 0 spiro atoms. The van der Waals surface area contributed by atoms with Gasteiger partial charge in [-0.05, 0) is 19.1 Å². The lowest BCUT2D eigenvalue weighted by molar-refractivity contribution is -0.114. The number of benzene rings is 1. The van der Waals surface area contributed by atoms with E-state index in [2.05, 4.69) is 20.3 Å². The number of aromatic nitrogens is 4. The molecule has 1 amide bonds. The second-order valence-electron chi connectivity index (χ2n) is 5.13. The summed E-state index contributed by atoms with van der Waals surface area (Å²) in [6.45, 7) is 3.09. The first-order valence-corrected chi connectivity index (χ1v) is 8.30. The molecule has 0 aliphatic heterocycles. The third kappa shape index (κ3) is 2.67. The van der Waals surface area contributed by atoms with Gasteiger partial charge in [0, 0.05) is 6.92 Å². The number of carbonyl (C=O) groups is 1. The average molecular weight is 347 g/mol. The van der Waals surface area contributed by atoms with Crippen LogP contribution in [0, 0.1) is 6.92 Å². The van der Waals surface area contributed by atoms with Gasteiger partial charge < -0.3 is 0 Å². The molecule has 0 saturated carbocycles. The van der Waals surface area contributed by atoms with Gasteiger partial charge >= 0.3 is 0 Å². The maximum atomic E-state index is 12.7. The fourth-order valence-corrected chi connectivity index (χ4v) is 3.42. The van der Waals surface area contributed by atoms with Crippen molar-refractivity contribution in [3.05, 3.63) is 46.5 Å². The zero-order chi connectivity index (χ0) is 17.5. The molecule has 0 unspecified atom stereocenters. The van der Waals surface area contributed by atoms with Gasteiger partial charge in [-0.15, -0.1) is 0 Å². The molecule has 1 aromatic carbocycles. The van der Waals surface area contributed by atoms with Gasteiger partial charge in [0.25, 0.3) is 15.6 Å². The number of nitrogens with zero attached hydrogens (tertiary/aromatic N) is 3. The molecular formula is C14H13N5O4S. The van der Waals surface area contributed by atoms with Gasteiger partial charge in [0.1, 0.15) is 6.33 Å². The van der Waals surface area contributed by atoms with E-state index in [1.165, 1.54) is 19.1 Å². The highest BCUT2D eigenvalue weighted by molar-refractivity contribution is 7.90. The Balaban J connectivity index is 2.19. The van der Waals surface area contributed by atoms with Crippen molar-refractivity contribution in [2.75, 3.05) is 5.32 Å². The summed E-state index contributed by atoms with van der Waals surface area (Å²) in [5.41, 5.74) is -0.122. The van der Waals surface area contributed by atoms with Crippen LogP contribution in [0.3, 0.4) is 0 Å². The van der Waals surface area contributed by atoms with E-state index in [0.29, 0.717) is 0 Å². The predicted molar refractivity (Wildman–Crippen MR) is 86.2 cm³/mol. The smallest absolute Gasteiger partial charge is 0.279 e. The van der Waals surface area contributed by atoms with Crippen LogP contribution < -0.4 is 10.9 Å². The number of rotatable bonds is 3. The van der Waals surface area contributed by atoms with E-state index < -0.39 is 21.5 Å². The lowest BCUT2D eigenvalue weighted by Gasteiger charge is -2.06. The molecule has 0 fully saturated rings. The fraction of sp³-hybridized carbons (Fsp3) is 0.143. The number of H-pyrrole nitrogens is 1. The Kier molecular flexibility index (Phi) is 3.68. The molecule has 0 radical (unpaired) electrons. The van der Waals surface area contributed by atoms with E-state index in [1.807, 2.05) is 6.92 Å². The van der Waals surface area contributed by atoms with Crippen molar-refractivity contribution in [3.8, 4) is 0 Å². The molecule has 0 bridgehead atoms. The summed E-state index contributed by atoms with van der Waals surface area (Å²) < 4.78 is 26.2. The highest BCUT2D eigenvalue weighted by atomic mass is 32.2. The van der Waals surface area contributed by atoms with Crippen LogP contribution in [0.25, 0.3) is 11.2 Å². The Hall–Kier alpha value is -3.01. The maximum Gasteiger partial charge on any atom is 0.279 e. The molecule has 2 N–H and O–H groups in total. The SMILES string of the molecule is CC(=O)Nc1nc2ncn(S(=O)(=O)c3ccc(C)cc3)c2c(=O)[nH]1. The number of aryl methyl sites for hydroxylation is 1. The third-order valence-corrected chi connectivity index (χ3v) is 4.92. The highest BCUT2D eigenvalue weighted by Gasteiger charge is 2.22. The normalized spacial score (nSPS) is 11.6. The summed E-state index contributed by atoms with van der Waals surface area (Å²) in [7, 11) is -3.99. The van der Waals surface area contributed by atoms with Crippen molar-refractivity contribution in [1.82, 2.24) is 18.9 Å². The molecule has 3 rings (SSSR count). The minimum absolute atomic E-state index is 0.0257. The number of fused-ring (bicyclic) bond motifs is 1. The largest absolute Gasteiger partial charge is 0.296 e. The number of hydrogen-bond donors (Lipinski definition) is 2. The topological polar surface area (TPSA) is 127 Å². The summed E-state index contributed by atoms with van der Waals surface area (Å²) >= 11 is 0. The lowest BCUT2D eigenvalue weighted by Crippen LogP contribution is -2.20. The zero-order valence-electron chi connectivity index (χ0n) is 12.8. The van der Waals surface area contributed by atoms with E-state index in [4.69, 9.17) is 0 Å². The number of amides is 1. The van der Waals surface area contributed by atoms with Crippen molar-refractivity contribution in [3.63, 3.8) is 0 Å². The van der Waals surface area contributed by atoms with Crippen molar-refractivity contribution in [2.45, 2.75) is 18.7 Å². The van der Waals surface area contributed by atoms with Crippen LogP contribution in [-0.4, -0.2) is 33.2 Å². The molecule has 0 atom stereocenters. The van der Waals surface area contributed by atoms with Crippen LogP contribution in [0.1, 0.15) is 12.5 Å². The standard InChI is InChI=1S/C14H13N5O4S/c1-8-3-5-10(6-4-8)24(22,23)19-7-15-12-11(19)13(21)18-14(17-12)16-9(2)20/h3-7H,1-2H3,(H2,16,17,18,20,21). The molecule has 2 aromatic heterocycles. The van der Waals surface area contributed by atoms with Gasteiger partial charge in [0.2, 0.25) is 11.9 Å². The summed E-state index contributed by atoms with van der Waals surface area (Å²) in [6, 6.07) is 6.21. The van der Waals surface area contributed by atoms with E-state index in [0.717, 1.165) is 15.9 Å². The summed E-state index contributed by atoms with van der Waals surface area (Å²) in [6.07, 6.45) is 1.01. The van der Waals surface area contributed by atoms with Crippen LogP contribution in [0.4, 0.5) is 5.95 Å². The molecule has 0 saturated heterocycles. The Morgan fingerprint density at radius 3 is 2.54 bits per heavy atom. The molecule has 24 heavy (non-hydrogen) atoms. The number of carbonyl (C=O) groups excluding carboxylic acids is 1. The zero-order valence-corrected chi connectivity index (χ0v) is 13.6. The van der Waals surface area contributed by atoms with Crippen LogP contribution in [0.5, 0.6) is 0 Å². The summed E-state index contributed by atoms with van der Waals surface area (Å²) in [5, 5.41) is 2.32. The second-order valence-corrected chi connectivity index (χ2v) is 6.94. The van der Waals surface area contributed by atoms with Gasteiger partial charge in [-0.1, -0.05) is 17.7 Å².